The zero-order chi connectivity index (χ0) is 25.9. The number of aromatic hydroxyl groups is 1. The van der Waals surface area contributed by atoms with Crippen molar-refractivity contribution in [3.05, 3.63) is 63.7 Å². The number of nitrogens with one attached hydrogen (secondary N) is 1. The molecular formula is C27H32N6O3S. The highest BCUT2D eigenvalue weighted by atomic mass is 32.1. The number of piperidine rings is 1. The fourth-order valence-electron chi connectivity index (χ4n) is 4.89. The van der Waals surface area contributed by atoms with Crippen molar-refractivity contribution >= 4 is 34.8 Å². The highest BCUT2D eigenvalue weighted by molar-refractivity contribution is 7.10. The summed E-state index contributed by atoms with van der Waals surface area (Å²) < 4.78 is 0. The molecule has 5 rings (SSSR count). The molecule has 194 valence electrons. The number of aromatic nitrogens is 2. The maximum Gasteiger partial charge on any atom is 0.320 e. The summed E-state index contributed by atoms with van der Waals surface area (Å²) in [5.74, 6) is 1.16. The van der Waals surface area contributed by atoms with Crippen molar-refractivity contribution in [2.75, 3.05) is 49.5 Å². The van der Waals surface area contributed by atoms with E-state index in [2.05, 4.69) is 20.2 Å². The molecule has 2 N–H and O–H groups in total. The second-order valence-corrected chi connectivity index (χ2v) is 10.5. The zero-order valence-corrected chi connectivity index (χ0v) is 22.0. The van der Waals surface area contributed by atoms with Crippen LogP contribution >= 0.6 is 11.3 Å². The van der Waals surface area contributed by atoms with Crippen molar-refractivity contribution in [2.45, 2.75) is 32.6 Å². The molecule has 2 saturated heterocycles. The summed E-state index contributed by atoms with van der Waals surface area (Å²) in [7, 11) is 0. The molecule has 1 aromatic carbocycles. The number of phenols is 1. The van der Waals surface area contributed by atoms with E-state index in [0.717, 1.165) is 47.9 Å². The molecule has 0 radical (unpaired) electrons. The monoisotopic (exact) mass is 520 g/mol. The molecule has 9 nitrogen and oxygen atoms in total. The third kappa shape index (κ3) is 5.39. The maximum absolute atomic E-state index is 13.1. The fraction of sp³-hybridized carbons (Fsp3) is 0.407. The number of carbonyl (C=O) groups excluding carboxylic acids is 2. The van der Waals surface area contributed by atoms with E-state index in [1.807, 2.05) is 41.8 Å². The van der Waals surface area contributed by atoms with Crippen LogP contribution in [0.1, 0.15) is 45.4 Å². The van der Waals surface area contributed by atoms with Gasteiger partial charge in [0.05, 0.1) is 5.01 Å². The van der Waals surface area contributed by atoms with Gasteiger partial charge in [0.1, 0.15) is 17.3 Å². The summed E-state index contributed by atoms with van der Waals surface area (Å²) in [4.78, 5) is 41.1. The number of hydrogen-bond donors (Lipinski definition) is 2. The minimum atomic E-state index is -0.256. The van der Waals surface area contributed by atoms with Gasteiger partial charge >= 0.3 is 6.03 Å². The Hall–Kier alpha value is -3.66. The number of likely N-dealkylation sites (tertiary alicyclic amines) is 1. The molecule has 2 aromatic heterocycles. The van der Waals surface area contributed by atoms with Crippen LogP contribution in [0.3, 0.4) is 0 Å². The molecule has 0 spiro atoms. The third-order valence-corrected chi connectivity index (χ3v) is 8.41. The quantitative estimate of drug-likeness (QED) is 0.499. The van der Waals surface area contributed by atoms with E-state index >= 15 is 0 Å². The minimum absolute atomic E-state index is 0.109. The summed E-state index contributed by atoms with van der Waals surface area (Å²) in [5, 5.41) is 15.5. The Labute approximate surface area is 220 Å². The number of nitrogens with zero attached hydrogens (tertiary/aromatic N) is 5. The van der Waals surface area contributed by atoms with Crippen LogP contribution in [0.4, 0.5) is 16.3 Å². The van der Waals surface area contributed by atoms with Crippen molar-refractivity contribution in [1.82, 2.24) is 19.8 Å². The average Bonchev–Trinajstić information content (AvgIpc) is 3.44. The average molecular weight is 521 g/mol. The van der Waals surface area contributed by atoms with Crippen molar-refractivity contribution < 1.29 is 14.7 Å². The van der Waals surface area contributed by atoms with Crippen LogP contribution in [0.5, 0.6) is 5.75 Å². The van der Waals surface area contributed by atoms with Gasteiger partial charge in [0.15, 0.2) is 0 Å². The number of phenolic OH excluding ortho intramolecular Hbond substituents is 1. The molecule has 0 bridgehead atoms. The van der Waals surface area contributed by atoms with Gasteiger partial charge in [-0.1, -0.05) is 6.07 Å². The molecule has 3 amide bonds. The Morgan fingerprint density at radius 2 is 1.70 bits per heavy atom. The van der Waals surface area contributed by atoms with E-state index in [9.17, 15) is 14.7 Å². The van der Waals surface area contributed by atoms with E-state index in [1.54, 1.807) is 23.7 Å². The van der Waals surface area contributed by atoms with Gasteiger partial charge in [-0.15, -0.1) is 11.3 Å². The largest absolute Gasteiger partial charge is 0.508 e. The van der Waals surface area contributed by atoms with Crippen molar-refractivity contribution in [1.29, 1.82) is 0 Å². The number of thiazole rings is 1. The third-order valence-electron chi connectivity index (χ3n) is 7.40. The summed E-state index contributed by atoms with van der Waals surface area (Å²) in [5.41, 5.74) is 2.64. The van der Waals surface area contributed by atoms with Crippen LogP contribution in [0, 0.1) is 13.8 Å². The van der Waals surface area contributed by atoms with Crippen LogP contribution < -0.4 is 10.2 Å². The first-order valence-electron chi connectivity index (χ1n) is 12.7. The van der Waals surface area contributed by atoms with E-state index in [4.69, 9.17) is 0 Å². The number of anilines is 2. The van der Waals surface area contributed by atoms with E-state index in [1.165, 1.54) is 11.3 Å². The molecule has 0 atom stereocenters. The van der Waals surface area contributed by atoms with Gasteiger partial charge in [-0.3, -0.25) is 4.79 Å². The highest BCUT2D eigenvalue weighted by Gasteiger charge is 2.30. The Kier molecular flexibility index (Phi) is 7.27. The SMILES string of the molecule is Cc1c(O)ccc(NC(=O)c2csc(C3CCN(C(=O)N4CCN(c5ccccn5)CC4)CC3)n2)c1C. The number of piperazine rings is 1. The van der Waals surface area contributed by atoms with Crippen LogP contribution in [0.2, 0.25) is 0 Å². The van der Waals surface area contributed by atoms with Gasteiger partial charge in [-0.05, 0) is 62.1 Å². The molecule has 0 unspecified atom stereocenters. The predicted molar refractivity (Wildman–Crippen MR) is 145 cm³/mol. The minimum Gasteiger partial charge on any atom is -0.508 e. The number of amides is 3. The lowest BCUT2D eigenvalue weighted by atomic mass is 9.98. The Balaban J connectivity index is 1.12. The second-order valence-electron chi connectivity index (χ2n) is 9.61. The Bertz CT molecular complexity index is 1260. The first-order chi connectivity index (χ1) is 17.9. The number of pyridine rings is 1. The lowest BCUT2D eigenvalue weighted by molar-refractivity contribution is 0.102. The molecule has 0 aliphatic carbocycles. The van der Waals surface area contributed by atoms with Gasteiger partial charge in [0, 0.05) is 62.5 Å². The van der Waals surface area contributed by atoms with Crippen LogP contribution in [0.15, 0.2) is 41.9 Å². The number of urea groups is 1. The van der Waals surface area contributed by atoms with Crippen LogP contribution in [0.25, 0.3) is 0 Å². The highest BCUT2D eigenvalue weighted by Crippen LogP contribution is 2.32. The number of rotatable bonds is 4. The lowest BCUT2D eigenvalue weighted by Gasteiger charge is -2.39. The standard InChI is InChI=1S/C27H32N6O3S/c1-18-19(2)23(34)7-6-21(18)29-25(35)22-17-37-26(30-22)20-8-11-32(12-9-20)27(36)33-15-13-31(14-16-33)24-5-3-4-10-28-24/h3-7,10,17,20,34H,8-9,11-16H2,1-2H3,(H,29,35). The Morgan fingerprint density at radius 1 is 0.973 bits per heavy atom. The van der Waals surface area contributed by atoms with E-state index < -0.39 is 0 Å². The van der Waals surface area contributed by atoms with Crippen molar-refractivity contribution in [3.63, 3.8) is 0 Å². The predicted octanol–water partition coefficient (Wildman–Crippen LogP) is 4.23. The van der Waals surface area contributed by atoms with Crippen LogP contribution in [-0.2, 0) is 0 Å². The molecule has 10 heteroatoms. The first kappa shape index (κ1) is 25.0. The molecule has 0 saturated carbocycles. The normalized spacial score (nSPS) is 16.6. The van der Waals surface area contributed by atoms with Crippen LogP contribution in [-0.4, -0.2) is 76.1 Å². The number of hydrogen-bond acceptors (Lipinski definition) is 7. The summed E-state index contributed by atoms with van der Waals surface area (Å²) in [6.45, 7) is 8.03. The molecule has 4 heterocycles. The van der Waals surface area contributed by atoms with Gasteiger partial charge in [0.2, 0.25) is 0 Å². The smallest absolute Gasteiger partial charge is 0.320 e. The topological polar surface area (TPSA) is 102 Å². The molecule has 2 aliphatic heterocycles. The molecular weight excluding hydrogens is 488 g/mol. The van der Waals surface area contributed by atoms with Crippen molar-refractivity contribution in [2.24, 2.45) is 0 Å². The van der Waals surface area contributed by atoms with E-state index in [0.29, 0.717) is 37.6 Å². The molecule has 3 aromatic rings. The summed E-state index contributed by atoms with van der Waals surface area (Å²) in [6, 6.07) is 9.30. The molecule has 2 fully saturated rings. The second kappa shape index (κ2) is 10.8. The van der Waals surface area contributed by atoms with Gasteiger partial charge in [-0.25, -0.2) is 14.8 Å². The lowest BCUT2D eigenvalue weighted by Crippen LogP contribution is -2.54. The van der Waals surface area contributed by atoms with Gasteiger partial charge in [-0.2, -0.15) is 0 Å². The van der Waals surface area contributed by atoms with Crippen molar-refractivity contribution in [3.8, 4) is 5.75 Å². The molecule has 2 aliphatic rings. The van der Waals surface area contributed by atoms with Gasteiger partial charge in [0.25, 0.3) is 5.91 Å². The number of carbonyl (C=O) groups is 2. The fourth-order valence-corrected chi connectivity index (χ4v) is 5.86. The van der Waals surface area contributed by atoms with E-state index in [-0.39, 0.29) is 23.6 Å². The first-order valence-corrected chi connectivity index (χ1v) is 13.5. The number of benzene rings is 1. The summed E-state index contributed by atoms with van der Waals surface area (Å²) in [6.07, 6.45) is 3.47. The maximum atomic E-state index is 13.1. The zero-order valence-electron chi connectivity index (χ0n) is 21.2. The summed E-state index contributed by atoms with van der Waals surface area (Å²) >= 11 is 1.50. The molecule has 37 heavy (non-hydrogen) atoms. The Morgan fingerprint density at radius 3 is 2.41 bits per heavy atom. The van der Waals surface area contributed by atoms with Gasteiger partial charge < -0.3 is 25.1 Å².